The number of aliphatic imine (C=N–C) groups is 1. The Hall–Kier alpha value is -0.0800. The fourth-order valence-corrected chi connectivity index (χ4v) is 2.06. The number of rotatable bonds is 10. The molecule has 0 heterocycles. The van der Waals surface area contributed by atoms with E-state index in [9.17, 15) is 0 Å². The summed E-state index contributed by atoms with van der Waals surface area (Å²) in [5.74, 6) is 1.53. The van der Waals surface area contributed by atoms with Gasteiger partial charge in [-0.25, -0.2) is 0 Å². The summed E-state index contributed by atoms with van der Waals surface area (Å²) in [4.78, 5) is 7.10. The first-order valence-corrected chi connectivity index (χ1v) is 7.92. The Bertz CT molecular complexity index is 283. The van der Waals surface area contributed by atoms with E-state index in [1.165, 1.54) is 12.8 Å². The molecule has 1 rings (SSSR count). The molecule has 21 heavy (non-hydrogen) atoms. The Kier molecular flexibility index (Phi) is 12.4. The van der Waals surface area contributed by atoms with Gasteiger partial charge in [0.05, 0.1) is 6.61 Å². The first kappa shape index (κ1) is 20.9. The first-order valence-electron chi connectivity index (χ1n) is 7.92. The van der Waals surface area contributed by atoms with Crippen molar-refractivity contribution in [3.8, 4) is 0 Å². The van der Waals surface area contributed by atoms with Crippen LogP contribution in [-0.2, 0) is 4.74 Å². The van der Waals surface area contributed by atoms with Crippen molar-refractivity contribution in [2.45, 2.75) is 39.7 Å². The quantitative estimate of drug-likeness (QED) is 0.327. The van der Waals surface area contributed by atoms with Crippen LogP contribution in [0.4, 0.5) is 0 Å². The zero-order chi connectivity index (χ0) is 14.8. The minimum absolute atomic E-state index is 0. The molecule has 5 nitrogen and oxygen atoms in total. The number of nitrogens with zero attached hydrogens (tertiary/aromatic N) is 2. The Morgan fingerprint density at radius 2 is 2.00 bits per heavy atom. The van der Waals surface area contributed by atoms with Crippen LogP contribution in [0.3, 0.4) is 0 Å². The van der Waals surface area contributed by atoms with Gasteiger partial charge in [-0.2, -0.15) is 0 Å². The van der Waals surface area contributed by atoms with Crippen LogP contribution in [-0.4, -0.2) is 63.3 Å². The van der Waals surface area contributed by atoms with Gasteiger partial charge in [0, 0.05) is 45.9 Å². The lowest BCUT2D eigenvalue weighted by molar-refractivity contribution is 0.144. The Labute approximate surface area is 147 Å². The van der Waals surface area contributed by atoms with E-state index in [1.807, 2.05) is 0 Å². The van der Waals surface area contributed by atoms with Crippen molar-refractivity contribution in [1.82, 2.24) is 15.5 Å². The number of halogens is 1. The molecular weight excluding hydrogens is 379 g/mol. The zero-order valence-corrected chi connectivity index (χ0v) is 16.4. The lowest BCUT2D eigenvalue weighted by atomic mass is 10.2. The van der Waals surface area contributed by atoms with E-state index in [1.54, 1.807) is 7.11 Å². The van der Waals surface area contributed by atoms with Gasteiger partial charge in [0.1, 0.15) is 0 Å². The number of nitrogens with one attached hydrogen (secondary N) is 2. The van der Waals surface area contributed by atoms with E-state index in [0.29, 0.717) is 5.92 Å². The van der Waals surface area contributed by atoms with E-state index >= 15 is 0 Å². The van der Waals surface area contributed by atoms with E-state index < -0.39 is 0 Å². The predicted molar refractivity (Wildman–Crippen MR) is 101 cm³/mol. The van der Waals surface area contributed by atoms with Crippen LogP contribution in [0.2, 0.25) is 0 Å². The van der Waals surface area contributed by atoms with Crippen molar-refractivity contribution in [1.29, 1.82) is 0 Å². The molecule has 0 aromatic heterocycles. The molecule has 0 aromatic carbocycles. The third kappa shape index (κ3) is 10.3. The summed E-state index contributed by atoms with van der Waals surface area (Å²) < 4.78 is 5.18. The van der Waals surface area contributed by atoms with Gasteiger partial charge in [0.15, 0.2) is 5.96 Å². The van der Waals surface area contributed by atoms with E-state index in [0.717, 1.165) is 51.3 Å². The highest BCUT2D eigenvalue weighted by Gasteiger charge is 2.28. The second-order valence-corrected chi connectivity index (χ2v) is 5.80. The molecule has 0 saturated heterocycles. The van der Waals surface area contributed by atoms with Crippen molar-refractivity contribution in [3.63, 3.8) is 0 Å². The summed E-state index contributed by atoms with van der Waals surface area (Å²) in [6.45, 7) is 12.1. The molecule has 2 N–H and O–H groups in total. The Morgan fingerprint density at radius 3 is 2.52 bits per heavy atom. The van der Waals surface area contributed by atoms with Gasteiger partial charge < -0.3 is 15.4 Å². The summed E-state index contributed by atoms with van der Waals surface area (Å²) in [5.41, 5.74) is 0. The topological polar surface area (TPSA) is 48.9 Å². The fourth-order valence-electron chi connectivity index (χ4n) is 2.06. The number of ether oxygens (including phenoxy) is 1. The maximum atomic E-state index is 5.18. The molecule has 0 bridgehead atoms. The molecule has 6 heteroatoms. The van der Waals surface area contributed by atoms with Crippen LogP contribution in [0.5, 0.6) is 0 Å². The van der Waals surface area contributed by atoms with Gasteiger partial charge in [-0.05, 0) is 25.7 Å². The summed E-state index contributed by atoms with van der Waals surface area (Å²) in [7, 11) is 1.77. The van der Waals surface area contributed by atoms with Crippen LogP contribution in [0.15, 0.2) is 4.99 Å². The van der Waals surface area contributed by atoms with E-state index in [4.69, 9.17) is 4.74 Å². The lowest BCUT2D eigenvalue weighted by Gasteiger charge is -2.22. The van der Waals surface area contributed by atoms with Crippen LogP contribution in [0.25, 0.3) is 0 Å². The van der Waals surface area contributed by atoms with Gasteiger partial charge in [0.25, 0.3) is 0 Å². The Balaban J connectivity index is 0.00000400. The summed E-state index contributed by atoms with van der Waals surface area (Å²) in [6.07, 6.45) is 2.68. The molecule has 0 amide bonds. The van der Waals surface area contributed by atoms with Crippen molar-refractivity contribution in [3.05, 3.63) is 0 Å². The SMILES string of the molecule is CCNC(=NCC(C)C)NCCN(CCOC)C1CC1.I. The average molecular weight is 412 g/mol. The third-order valence-corrected chi connectivity index (χ3v) is 3.30. The fraction of sp³-hybridized carbons (Fsp3) is 0.933. The second-order valence-electron chi connectivity index (χ2n) is 5.80. The van der Waals surface area contributed by atoms with Crippen LogP contribution in [0, 0.1) is 5.92 Å². The highest BCUT2D eigenvalue weighted by molar-refractivity contribution is 14.0. The van der Waals surface area contributed by atoms with Crippen LogP contribution < -0.4 is 10.6 Å². The molecule has 1 saturated carbocycles. The highest BCUT2D eigenvalue weighted by atomic mass is 127. The molecule has 1 fully saturated rings. The summed E-state index contributed by atoms with van der Waals surface area (Å²) in [6, 6.07) is 0.780. The van der Waals surface area contributed by atoms with Crippen molar-refractivity contribution < 1.29 is 4.74 Å². The number of hydrogen-bond acceptors (Lipinski definition) is 3. The largest absolute Gasteiger partial charge is 0.383 e. The third-order valence-electron chi connectivity index (χ3n) is 3.30. The molecule has 0 aromatic rings. The maximum absolute atomic E-state index is 5.18. The molecule has 0 atom stereocenters. The predicted octanol–water partition coefficient (Wildman–Crippen LogP) is 1.93. The second kappa shape index (κ2) is 12.5. The van der Waals surface area contributed by atoms with E-state index in [-0.39, 0.29) is 24.0 Å². The number of hydrogen-bond donors (Lipinski definition) is 2. The van der Waals surface area contributed by atoms with Crippen LogP contribution >= 0.6 is 24.0 Å². The number of methoxy groups -OCH3 is 1. The zero-order valence-electron chi connectivity index (χ0n) is 14.0. The Morgan fingerprint density at radius 1 is 1.29 bits per heavy atom. The molecular formula is C15H33IN4O. The molecule has 0 aliphatic heterocycles. The summed E-state index contributed by atoms with van der Waals surface area (Å²) >= 11 is 0. The van der Waals surface area contributed by atoms with Gasteiger partial charge in [-0.15, -0.1) is 24.0 Å². The average Bonchev–Trinajstić information content (AvgIpc) is 3.24. The molecule has 0 spiro atoms. The van der Waals surface area contributed by atoms with Gasteiger partial charge in [-0.1, -0.05) is 13.8 Å². The van der Waals surface area contributed by atoms with Crippen molar-refractivity contribution in [2.75, 3.05) is 46.4 Å². The minimum Gasteiger partial charge on any atom is -0.383 e. The van der Waals surface area contributed by atoms with Crippen molar-refractivity contribution in [2.24, 2.45) is 10.9 Å². The minimum atomic E-state index is 0. The van der Waals surface area contributed by atoms with E-state index in [2.05, 4.69) is 41.3 Å². The van der Waals surface area contributed by atoms with Crippen LogP contribution in [0.1, 0.15) is 33.6 Å². The van der Waals surface area contributed by atoms with Gasteiger partial charge in [-0.3, -0.25) is 9.89 Å². The molecule has 1 aliphatic rings. The standard InChI is InChI=1S/C15H32N4O.HI/c1-5-16-15(18-12-13(2)3)17-8-9-19(10-11-20-4)14-6-7-14;/h13-14H,5-12H2,1-4H3,(H2,16,17,18);1H. The van der Waals surface area contributed by atoms with Gasteiger partial charge >= 0.3 is 0 Å². The normalized spacial score (nSPS) is 15.2. The first-order chi connectivity index (χ1) is 9.67. The summed E-state index contributed by atoms with van der Waals surface area (Å²) in [5, 5.41) is 6.72. The molecule has 0 unspecified atom stereocenters. The molecule has 0 radical (unpaired) electrons. The maximum Gasteiger partial charge on any atom is 0.191 e. The molecule has 1 aliphatic carbocycles. The smallest absolute Gasteiger partial charge is 0.191 e. The molecule has 126 valence electrons. The highest BCUT2D eigenvalue weighted by Crippen LogP contribution is 2.25. The number of guanidine groups is 1. The van der Waals surface area contributed by atoms with Gasteiger partial charge in [0.2, 0.25) is 0 Å². The monoisotopic (exact) mass is 412 g/mol. The van der Waals surface area contributed by atoms with Crippen molar-refractivity contribution >= 4 is 29.9 Å². The lowest BCUT2D eigenvalue weighted by Crippen LogP contribution is -2.43.